The summed E-state index contributed by atoms with van der Waals surface area (Å²) in [6.45, 7) is 6.03. The molecule has 1 aromatic carbocycles. The molecule has 0 saturated carbocycles. The van der Waals surface area contributed by atoms with Crippen LogP contribution in [0.5, 0.6) is 5.75 Å². The van der Waals surface area contributed by atoms with Crippen LogP contribution in [0.25, 0.3) is 17.1 Å². The molecule has 7 nitrogen and oxygen atoms in total. The second kappa shape index (κ2) is 7.79. The van der Waals surface area contributed by atoms with Crippen molar-refractivity contribution in [1.29, 1.82) is 0 Å². The lowest BCUT2D eigenvalue weighted by Gasteiger charge is -2.12. The molecule has 0 radical (unpaired) electrons. The Bertz CT molecular complexity index is 1210. The Kier molecular flexibility index (Phi) is 5.17. The monoisotopic (exact) mass is 421 g/mol. The van der Waals surface area contributed by atoms with Gasteiger partial charge < -0.3 is 9.30 Å². The Labute approximate surface area is 179 Å². The summed E-state index contributed by atoms with van der Waals surface area (Å²) >= 11 is 1.38. The fourth-order valence-corrected chi connectivity index (χ4v) is 4.21. The number of anilines is 1. The van der Waals surface area contributed by atoms with Crippen LogP contribution in [0.2, 0.25) is 0 Å². The Morgan fingerprint density at radius 2 is 1.87 bits per heavy atom. The van der Waals surface area contributed by atoms with Gasteiger partial charge in [0.2, 0.25) is 0 Å². The van der Waals surface area contributed by atoms with Crippen LogP contribution in [-0.4, -0.2) is 32.3 Å². The number of hydrogen-bond acceptors (Lipinski definition) is 5. The van der Waals surface area contributed by atoms with E-state index in [-0.39, 0.29) is 5.91 Å². The van der Waals surface area contributed by atoms with Crippen molar-refractivity contribution in [3.8, 4) is 22.8 Å². The van der Waals surface area contributed by atoms with Gasteiger partial charge in [-0.1, -0.05) is 11.6 Å². The van der Waals surface area contributed by atoms with Crippen LogP contribution in [-0.2, 0) is 7.05 Å². The van der Waals surface area contributed by atoms with Crippen LogP contribution in [0.15, 0.2) is 41.9 Å². The molecule has 4 aromatic rings. The topological polar surface area (TPSA) is 74.0 Å². The first-order valence-corrected chi connectivity index (χ1v) is 10.4. The van der Waals surface area contributed by atoms with Crippen molar-refractivity contribution >= 4 is 22.4 Å². The smallest absolute Gasteiger partial charge is 0.262 e. The molecule has 0 aliphatic heterocycles. The van der Waals surface area contributed by atoms with Crippen molar-refractivity contribution in [2.45, 2.75) is 20.8 Å². The highest BCUT2D eigenvalue weighted by Gasteiger charge is 2.21. The summed E-state index contributed by atoms with van der Waals surface area (Å²) in [5.41, 5.74) is 5.34. The summed E-state index contributed by atoms with van der Waals surface area (Å²) in [4.78, 5) is 17.7. The van der Waals surface area contributed by atoms with Crippen LogP contribution in [0.4, 0.5) is 5.13 Å². The number of carbonyl (C=O) groups excluding carboxylic acids is 1. The molecule has 0 fully saturated rings. The number of methoxy groups -OCH3 is 1. The number of amides is 1. The van der Waals surface area contributed by atoms with Gasteiger partial charge in [0.15, 0.2) is 5.13 Å². The second-order valence-electron chi connectivity index (χ2n) is 7.15. The number of nitrogens with one attached hydrogen (secondary N) is 1. The first-order valence-electron chi connectivity index (χ1n) is 9.48. The molecule has 3 aromatic heterocycles. The van der Waals surface area contributed by atoms with Gasteiger partial charge in [-0.15, -0.1) is 11.3 Å². The highest BCUT2D eigenvalue weighted by Crippen LogP contribution is 2.33. The van der Waals surface area contributed by atoms with Gasteiger partial charge in [0.1, 0.15) is 17.1 Å². The molecule has 0 spiro atoms. The molecule has 0 saturated heterocycles. The van der Waals surface area contributed by atoms with E-state index in [1.54, 1.807) is 18.0 Å². The number of hydrogen-bond donors (Lipinski definition) is 1. The van der Waals surface area contributed by atoms with Crippen molar-refractivity contribution < 1.29 is 9.53 Å². The number of rotatable bonds is 5. The first-order chi connectivity index (χ1) is 14.4. The standard InChI is InChI=1S/C22H23N5O2S/c1-13-6-9-19(29-5)16(10-13)18-12-30-22(24-18)25-20(28)17-11-23-26(4)21(17)27-14(2)7-8-15(27)3/h6-12H,1-5H3,(H,24,25,28). The zero-order valence-electron chi connectivity index (χ0n) is 17.6. The molecule has 1 amide bonds. The highest BCUT2D eigenvalue weighted by atomic mass is 32.1. The maximum absolute atomic E-state index is 13.1. The summed E-state index contributed by atoms with van der Waals surface area (Å²) in [5.74, 6) is 1.23. The number of ether oxygens (including phenoxy) is 1. The maximum Gasteiger partial charge on any atom is 0.262 e. The summed E-state index contributed by atoms with van der Waals surface area (Å²) in [6.07, 6.45) is 1.58. The minimum absolute atomic E-state index is 0.247. The zero-order valence-corrected chi connectivity index (χ0v) is 18.4. The third kappa shape index (κ3) is 3.50. The number of thiazole rings is 1. The van der Waals surface area contributed by atoms with Gasteiger partial charge in [0.25, 0.3) is 5.91 Å². The van der Waals surface area contributed by atoms with Crippen molar-refractivity contribution in [2.75, 3.05) is 12.4 Å². The van der Waals surface area contributed by atoms with Crippen LogP contribution < -0.4 is 10.1 Å². The molecule has 0 atom stereocenters. The molecule has 8 heteroatoms. The van der Waals surface area contributed by atoms with Crippen molar-refractivity contribution in [2.24, 2.45) is 7.05 Å². The molecule has 0 bridgehead atoms. The fraction of sp³-hybridized carbons (Fsp3) is 0.227. The van der Waals surface area contributed by atoms with Crippen LogP contribution in [0.3, 0.4) is 0 Å². The van der Waals surface area contributed by atoms with Gasteiger partial charge in [-0.05, 0) is 45.0 Å². The molecular formula is C22H23N5O2S. The lowest BCUT2D eigenvalue weighted by atomic mass is 10.1. The second-order valence-corrected chi connectivity index (χ2v) is 8.01. The third-order valence-electron chi connectivity index (χ3n) is 4.99. The van der Waals surface area contributed by atoms with Gasteiger partial charge in [-0.2, -0.15) is 5.10 Å². The Hall–Kier alpha value is -3.39. The molecule has 4 rings (SSSR count). The predicted molar refractivity (Wildman–Crippen MR) is 119 cm³/mol. The van der Waals surface area contributed by atoms with Gasteiger partial charge >= 0.3 is 0 Å². The van der Waals surface area contributed by atoms with E-state index in [2.05, 4.69) is 15.4 Å². The van der Waals surface area contributed by atoms with Crippen molar-refractivity contribution in [3.63, 3.8) is 0 Å². The van der Waals surface area contributed by atoms with Gasteiger partial charge in [0.05, 0.1) is 19.0 Å². The molecular weight excluding hydrogens is 398 g/mol. The molecule has 1 N–H and O–H groups in total. The van der Waals surface area contributed by atoms with E-state index in [0.29, 0.717) is 10.7 Å². The summed E-state index contributed by atoms with van der Waals surface area (Å²) in [6, 6.07) is 9.98. The number of benzene rings is 1. The fourth-order valence-electron chi connectivity index (χ4n) is 3.50. The molecule has 30 heavy (non-hydrogen) atoms. The van der Waals surface area contributed by atoms with Crippen molar-refractivity contribution in [1.82, 2.24) is 19.3 Å². The zero-order chi connectivity index (χ0) is 21.4. The van der Waals surface area contributed by atoms with E-state index < -0.39 is 0 Å². The first kappa shape index (κ1) is 19.9. The SMILES string of the molecule is COc1ccc(C)cc1-c1csc(NC(=O)c2cnn(C)c2-n2c(C)ccc2C)n1. The van der Waals surface area contributed by atoms with Gasteiger partial charge in [0, 0.05) is 29.4 Å². The Balaban J connectivity index is 1.64. The number of aryl methyl sites for hydroxylation is 4. The van der Waals surface area contributed by atoms with E-state index in [1.165, 1.54) is 11.3 Å². The summed E-state index contributed by atoms with van der Waals surface area (Å²) in [5, 5.41) is 9.66. The average molecular weight is 422 g/mol. The molecule has 3 heterocycles. The van der Waals surface area contributed by atoms with Crippen molar-refractivity contribution in [3.05, 3.63) is 64.4 Å². The third-order valence-corrected chi connectivity index (χ3v) is 5.75. The van der Waals surface area contributed by atoms with Gasteiger partial charge in [-0.3, -0.25) is 14.8 Å². The molecule has 0 unspecified atom stereocenters. The number of nitrogens with zero attached hydrogens (tertiary/aromatic N) is 4. The lowest BCUT2D eigenvalue weighted by molar-refractivity contribution is 0.102. The van der Waals surface area contributed by atoms with E-state index in [9.17, 15) is 4.79 Å². The number of carbonyl (C=O) groups is 1. The van der Waals surface area contributed by atoms with Crippen LogP contribution in [0, 0.1) is 20.8 Å². The summed E-state index contributed by atoms with van der Waals surface area (Å²) in [7, 11) is 3.47. The minimum Gasteiger partial charge on any atom is -0.496 e. The Morgan fingerprint density at radius 3 is 2.57 bits per heavy atom. The normalized spacial score (nSPS) is 11.0. The quantitative estimate of drug-likeness (QED) is 0.514. The Morgan fingerprint density at radius 1 is 1.13 bits per heavy atom. The minimum atomic E-state index is -0.247. The van der Waals surface area contributed by atoms with E-state index in [0.717, 1.165) is 39.8 Å². The van der Waals surface area contributed by atoms with E-state index in [4.69, 9.17) is 4.74 Å². The van der Waals surface area contributed by atoms with Gasteiger partial charge in [-0.25, -0.2) is 4.98 Å². The molecule has 0 aliphatic rings. The van der Waals surface area contributed by atoms with Crippen LogP contribution >= 0.6 is 11.3 Å². The highest BCUT2D eigenvalue weighted by molar-refractivity contribution is 7.14. The molecule has 154 valence electrons. The average Bonchev–Trinajstić information content (AvgIpc) is 3.41. The maximum atomic E-state index is 13.1. The predicted octanol–water partition coefficient (Wildman–Crippen LogP) is 4.52. The largest absolute Gasteiger partial charge is 0.496 e. The number of aromatic nitrogens is 4. The lowest BCUT2D eigenvalue weighted by Crippen LogP contribution is -2.16. The summed E-state index contributed by atoms with van der Waals surface area (Å²) < 4.78 is 9.19. The van der Waals surface area contributed by atoms with E-state index in [1.807, 2.05) is 68.1 Å². The molecule has 0 aliphatic carbocycles. The van der Waals surface area contributed by atoms with E-state index >= 15 is 0 Å². The van der Waals surface area contributed by atoms with Crippen LogP contribution in [0.1, 0.15) is 27.3 Å².